The zero-order valence-corrected chi connectivity index (χ0v) is 15.0. The van der Waals surface area contributed by atoms with Gasteiger partial charge in [-0.1, -0.05) is 13.3 Å². The van der Waals surface area contributed by atoms with Gasteiger partial charge in [-0.2, -0.15) is 15.1 Å². The summed E-state index contributed by atoms with van der Waals surface area (Å²) in [6.07, 6.45) is 6.20. The van der Waals surface area contributed by atoms with Crippen molar-refractivity contribution in [2.45, 2.75) is 39.3 Å². The molecule has 8 nitrogen and oxygen atoms in total. The first-order valence-corrected chi connectivity index (χ1v) is 8.88. The second kappa shape index (κ2) is 8.15. The van der Waals surface area contributed by atoms with E-state index in [4.69, 9.17) is 10.5 Å². The molecule has 0 aliphatic carbocycles. The number of nitrogens with two attached hydrogens (primary N) is 1. The lowest BCUT2D eigenvalue weighted by molar-refractivity contribution is 0.0272. The van der Waals surface area contributed by atoms with Crippen molar-refractivity contribution >= 4 is 17.6 Å². The summed E-state index contributed by atoms with van der Waals surface area (Å²) in [6.45, 7) is 8.02. The summed E-state index contributed by atoms with van der Waals surface area (Å²) in [5.74, 6) is 1.92. The smallest absolute Gasteiger partial charge is 0.223 e. The predicted molar refractivity (Wildman–Crippen MR) is 98.8 cm³/mol. The van der Waals surface area contributed by atoms with Gasteiger partial charge in [0.15, 0.2) is 0 Å². The number of nitrogen functional groups attached to an aromatic ring is 1. The Morgan fingerprint density at radius 1 is 1.40 bits per heavy atom. The second-order valence-electron chi connectivity index (χ2n) is 6.43. The normalized spacial score (nSPS) is 17.7. The van der Waals surface area contributed by atoms with E-state index in [1.54, 1.807) is 0 Å². The molecule has 3 rings (SSSR count). The molecular weight excluding hydrogens is 318 g/mol. The Kier molecular flexibility index (Phi) is 5.70. The molecule has 0 radical (unpaired) electrons. The molecule has 8 heteroatoms. The first-order chi connectivity index (χ1) is 12.1. The number of nitrogens with one attached hydrogen (secondary N) is 1. The van der Waals surface area contributed by atoms with E-state index in [1.165, 1.54) is 0 Å². The minimum atomic E-state index is 0.0701. The van der Waals surface area contributed by atoms with Crippen LogP contribution in [0, 0.1) is 6.92 Å². The number of rotatable bonds is 7. The number of ether oxygens (including phenoxy) is 1. The van der Waals surface area contributed by atoms with Crippen LogP contribution in [0.3, 0.4) is 0 Å². The molecule has 136 valence electrons. The molecule has 1 atom stereocenters. The summed E-state index contributed by atoms with van der Waals surface area (Å²) in [5.41, 5.74) is 7.05. The lowest BCUT2D eigenvalue weighted by atomic mass is 10.2. The third-order valence-electron chi connectivity index (χ3n) is 4.18. The number of hydrogen-bond acceptors (Lipinski definition) is 7. The highest BCUT2D eigenvalue weighted by molar-refractivity contribution is 5.52. The molecule has 2 aromatic rings. The van der Waals surface area contributed by atoms with Gasteiger partial charge in [0.1, 0.15) is 11.6 Å². The Hall–Kier alpha value is -2.35. The minimum absolute atomic E-state index is 0.0701. The predicted octanol–water partition coefficient (Wildman–Crippen LogP) is 1.68. The standard InChI is InChI=1S/C17H27N7O/c1-3-4-5-19-15-8-16(22-17(18)21-15)23-6-7-25-14(11-23)12-24-10-13(2)9-20-24/h8-10,14H,3-7,11-12H2,1-2H3,(H3,18,19,21,22). The van der Waals surface area contributed by atoms with Crippen molar-refractivity contribution < 1.29 is 4.74 Å². The summed E-state index contributed by atoms with van der Waals surface area (Å²) in [7, 11) is 0. The van der Waals surface area contributed by atoms with Crippen molar-refractivity contribution in [3.8, 4) is 0 Å². The van der Waals surface area contributed by atoms with Crippen LogP contribution in [0.15, 0.2) is 18.5 Å². The van der Waals surface area contributed by atoms with Gasteiger partial charge < -0.3 is 20.7 Å². The number of hydrogen-bond donors (Lipinski definition) is 2. The maximum absolute atomic E-state index is 5.90. The van der Waals surface area contributed by atoms with Crippen LogP contribution in [0.2, 0.25) is 0 Å². The van der Waals surface area contributed by atoms with Crippen LogP contribution in [0.5, 0.6) is 0 Å². The maximum Gasteiger partial charge on any atom is 0.223 e. The third kappa shape index (κ3) is 4.82. The van der Waals surface area contributed by atoms with E-state index >= 15 is 0 Å². The molecule has 1 fully saturated rings. The van der Waals surface area contributed by atoms with Gasteiger partial charge in [-0.3, -0.25) is 4.68 Å². The van der Waals surface area contributed by atoms with Crippen LogP contribution in [0.25, 0.3) is 0 Å². The molecule has 3 N–H and O–H groups in total. The first-order valence-electron chi connectivity index (χ1n) is 8.88. The van der Waals surface area contributed by atoms with Gasteiger partial charge in [-0.25, -0.2) is 0 Å². The van der Waals surface area contributed by atoms with Crippen LogP contribution < -0.4 is 16.0 Å². The lowest BCUT2D eigenvalue weighted by Crippen LogP contribution is -2.44. The molecule has 0 saturated carbocycles. The third-order valence-corrected chi connectivity index (χ3v) is 4.18. The fourth-order valence-corrected chi connectivity index (χ4v) is 2.91. The SMILES string of the molecule is CCCCNc1cc(N2CCOC(Cn3cc(C)cn3)C2)nc(N)n1. The molecule has 2 aromatic heterocycles. The van der Waals surface area contributed by atoms with Crippen LogP contribution >= 0.6 is 0 Å². The summed E-state index contributed by atoms with van der Waals surface area (Å²) < 4.78 is 7.82. The van der Waals surface area contributed by atoms with Crippen molar-refractivity contribution in [3.63, 3.8) is 0 Å². The highest BCUT2D eigenvalue weighted by Crippen LogP contribution is 2.20. The van der Waals surface area contributed by atoms with Gasteiger partial charge in [-0.05, 0) is 18.9 Å². The van der Waals surface area contributed by atoms with E-state index in [0.29, 0.717) is 12.6 Å². The minimum Gasteiger partial charge on any atom is -0.373 e. The quantitative estimate of drug-likeness (QED) is 0.737. The fraction of sp³-hybridized carbons (Fsp3) is 0.588. The number of anilines is 3. The van der Waals surface area contributed by atoms with Gasteiger partial charge >= 0.3 is 0 Å². The monoisotopic (exact) mass is 345 g/mol. The van der Waals surface area contributed by atoms with E-state index in [1.807, 2.05) is 30.1 Å². The Morgan fingerprint density at radius 3 is 3.04 bits per heavy atom. The van der Waals surface area contributed by atoms with Crippen LogP contribution in [-0.4, -0.2) is 52.1 Å². The summed E-state index contributed by atoms with van der Waals surface area (Å²) in [5, 5.41) is 7.66. The fourth-order valence-electron chi connectivity index (χ4n) is 2.91. The molecule has 0 bridgehead atoms. The molecule has 25 heavy (non-hydrogen) atoms. The van der Waals surface area contributed by atoms with Gasteiger partial charge in [0.2, 0.25) is 5.95 Å². The molecule has 3 heterocycles. The van der Waals surface area contributed by atoms with E-state index in [9.17, 15) is 0 Å². The molecule has 1 aliphatic rings. The zero-order chi connectivity index (χ0) is 17.6. The number of morpholine rings is 1. The summed E-state index contributed by atoms with van der Waals surface area (Å²) in [4.78, 5) is 10.9. The second-order valence-corrected chi connectivity index (χ2v) is 6.43. The van der Waals surface area contributed by atoms with E-state index in [0.717, 1.165) is 56.2 Å². The van der Waals surface area contributed by atoms with E-state index in [2.05, 4.69) is 32.2 Å². The maximum atomic E-state index is 5.90. The highest BCUT2D eigenvalue weighted by atomic mass is 16.5. The van der Waals surface area contributed by atoms with Crippen LogP contribution in [0.4, 0.5) is 17.6 Å². The lowest BCUT2D eigenvalue weighted by Gasteiger charge is -2.33. The van der Waals surface area contributed by atoms with Crippen molar-refractivity contribution in [1.82, 2.24) is 19.7 Å². The van der Waals surface area contributed by atoms with Crippen molar-refractivity contribution in [2.75, 3.05) is 42.2 Å². The van der Waals surface area contributed by atoms with E-state index in [-0.39, 0.29) is 6.10 Å². The number of aromatic nitrogens is 4. The van der Waals surface area contributed by atoms with Gasteiger partial charge in [0.25, 0.3) is 0 Å². The topological polar surface area (TPSA) is 94.1 Å². The van der Waals surface area contributed by atoms with Crippen LogP contribution in [-0.2, 0) is 11.3 Å². The number of unbranched alkanes of at least 4 members (excludes halogenated alkanes) is 1. The Labute approximate surface area is 148 Å². The number of nitrogens with zero attached hydrogens (tertiary/aromatic N) is 5. The Bertz CT molecular complexity index is 687. The average molecular weight is 345 g/mol. The zero-order valence-electron chi connectivity index (χ0n) is 15.0. The van der Waals surface area contributed by atoms with Gasteiger partial charge in [-0.15, -0.1) is 0 Å². The average Bonchev–Trinajstić information content (AvgIpc) is 3.00. The van der Waals surface area contributed by atoms with Crippen molar-refractivity contribution in [2.24, 2.45) is 0 Å². The van der Waals surface area contributed by atoms with Gasteiger partial charge in [0.05, 0.1) is 25.5 Å². The van der Waals surface area contributed by atoms with Crippen LogP contribution in [0.1, 0.15) is 25.3 Å². The molecule has 1 unspecified atom stereocenters. The van der Waals surface area contributed by atoms with Crippen molar-refractivity contribution in [3.05, 3.63) is 24.0 Å². The summed E-state index contributed by atoms with van der Waals surface area (Å²) in [6, 6.07) is 1.96. The molecule has 0 spiro atoms. The Morgan fingerprint density at radius 2 is 2.28 bits per heavy atom. The molecular formula is C17H27N7O. The van der Waals surface area contributed by atoms with E-state index < -0.39 is 0 Å². The molecule has 0 amide bonds. The molecule has 1 aliphatic heterocycles. The largest absolute Gasteiger partial charge is 0.373 e. The summed E-state index contributed by atoms with van der Waals surface area (Å²) >= 11 is 0. The number of aryl methyl sites for hydroxylation is 1. The molecule has 0 aromatic carbocycles. The van der Waals surface area contributed by atoms with Crippen molar-refractivity contribution in [1.29, 1.82) is 0 Å². The highest BCUT2D eigenvalue weighted by Gasteiger charge is 2.23. The molecule has 1 saturated heterocycles. The first kappa shape index (κ1) is 17.5. The van der Waals surface area contributed by atoms with Gasteiger partial charge in [0, 0.05) is 31.9 Å². The Balaban J connectivity index is 1.65.